The standard InChI is InChI=1S/C12H13BrO3/c1-2-15-12(14)8-11(9-13)16-10-6-4-3-5-7-10/h3-8H,2,9H2,1H3/b11-8-. The predicted molar refractivity (Wildman–Crippen MR) is 65.6 cm³/mol. The fourth-order valence-electron chi connectivity index (χ4n) is 1.05. The molecule has 0 bridgehead atoms. The van der Waals surface area contributed by atoms with Crippen LogP contribution in [0.15, 0.2) is 42.2 Å². The van der Waals surface area contributed by atoms with Gasteiger partial charge in [-0.3, -0.25) is 0 Å². The normalized spacial score (nSPS) is 11.0. The smallest absolute Gasteiger partial charge is 0.334 e. The summed E-state index contributed by atoms with van der Waals surface area (Å²) in [5, 5.41) is 0.459. The third-order valence-electron chi connectivity index (χ3n) is 1.69. The average molecular weight is 285 g/mol. The Morgan fingerprint density at radius 1 is 1.38 bits per heavy atom. The quantitative estimate of drug-likeness (QED) is 0.361. The van der Waals surface area contributed by atoms with Crippen molar-refractivity contribution in [1.82, 2.24) is 0 Å². The number of halogens is 1. The molecule has 0 radical (unpaired) electrons. The first-order valence-corrected chi connectivity index (χ1v) is 6.04. The molecule has 0 fully saturated rings. The molecular weight excluding hydrogens is 272 g/mol. The van der Waals surface area contributed by atoms with Gasteiger partial charge in [0, 0.05) is 0 Å². The van der Waals surface area contributed by atoms with E-state index < -0.39 is 5.97 Å². The number of hydrogen-bond acceptors (Lipinski definition) is 3. The van der Waals surface area contributed by atoms with E-state index in [2.05, 4.69) is 15.9 Å². The molecule has 16 heavy (non-hydrogen) atoms. The first-order valence-electron chi connectivity index (χ1n) is 4.92. The van der Waals surface area contributed by atoms with Crippen molar-refractivity contribution in [2.75, 3.05) is 11.9 Å². The summed E-state index contributed by atoms with van der Waals surface area (Å²) in [6.45, 7) is 2.12. The number of hydrogen-bond donors (Lipinski definition) is 0. The van der Waals surface area contributed by atoms with Crippen LogP contribution in [0.4, 0.5) is 0 Å². The number of benzene rings is 1. The van der Waals surface area contributed by atoms with Crippen molar-refractivity contribution in [3.05, 3.63) is 42.2 Å². The summed E-state index contributed by atoms with van der Waals surface area (Å²) in [6, 6.07) is 9.27. The van der Waals surface area contributed by atoms with Gasteiger partial charge in [0.25, 0.3) is 0 Å². The molecule has 1 aromatic rings. The zero-order chi connectivity index (χ0) is 11.8. The van der Waals surface area contributed by atoms with Crippen LogP contribution in [0.3, 0.4) is 0 Å². The van der Waals surface area contributed by atoms with E-state index in [1.165, 1.54) is 6.08 Å². The highest BCUT2D eigenvalue weighted by atomic mass is 79.9. The maximum Gasteiger partial charge on any atom is 0.334 e. The number of esters is 1. The summed E-state index contributed by atoms with van der Waals surface area (Å²) >= 11 is 3.25. The molecule has 1 aromatic carbocycles. The molecule has 0 amide bonds. The van der Waals surface area contributed by atoms with E-state index in [4.69, 9.17) is 9.47 Å². The highest BCUT2D eigenvalue weighted by Crippen LogP contribution is 2.14. The van der Waals surface area contributed by atoms with Crippen molar-refractivity contribution >= 4 is 21.9 Å². The molecule has 0 unspecified atom stereocenters. The largest absolute Gasteiger partial charge is 0.463 e. The summed E-state index contributed by atoms with van der Waals surface area (Å²) in [5.74, 6) is 0.815. The summed E-state index contributed by atoms with van der Waals surface area (Å²) in [4.78, 5) is 11.2. The Balaban J connectivity index is 2.65. The molecule has 0 aliphatic carbocycles. The number of allylic oxidation sites excluding steroid dienone is 1. The average Bonchev–Trinajstić information content (AvgIpc) is 2.30. The van der Waals surface area contributed by atoms with Gasteiger partial charge in [-0.15, -0.1) is 0 Å². The molecule has 0 aromatic heterocycles. The number of rotatable bonds is 5. The second-order valence-corrected chi connectivity index (χ2v) is 3.47. The zero-order valence-electron chi connectivity index (χ0n) is 8.98. The Morgan fingerprint density at radius 3 is 2.62 bits per heavy atom. The van der Waals surface area contributed by atoms with E-state index in [1.807, 2.05) is 30.3 Å². The molecule has 4 heteroatoms. The SMILES string of the molecule is CCOC(=O)/C=C(/CBr)Oc1ccccc1. The number of para-hydroxylation sites is 1. The van der Waals surface area contributed by atoms with Gasteiger partial charge in [0.15, 0.2) is 0 Å². The molecule has 3 nitrogen and oxygen atoms in total. The number of carbonyl (C=O) groups excluding carboxylic acids is 1. The third-order valence-corrected chi connectivity index (χ3v) is 2.24. The molecule has 0 aliphatic rings. The van der Waals surface area contributed by atoms with Crippen molar-refractivity contribution in [2.45, 2.75) is 6.92 Å². The Morgan fingerprint density at radius 2 is 2.06 bits per heavy atom. The van der Waals surface area contributed by atoms with Crippen molar-refractivity contribution in [1.29, 1.82) is 0 Å². The molecule has 0 saturated heterocycles. The number of ether oxygens (including phenoxy) is 2. The first-order chi connectivity index (χ1) is 7.76. The van der Waals surface area contributed by atoms with Gasteiger partial charge >= 0.3 is 5.97 Å². The molecule has 0 heterocycles. The van der Waals surface area contributed by atoms with E-state index in [-0.39, 0.29) is 0 Å². The molecule has 0 aliphatic heterocycles. The summed E-state index contributed by atoms with van der Waals surface area (Å²) in [5.41, 5.74) is 0. The molecule has 0 atom stereocenters. The van der Waals surface area contributed by atoms with Crippen LogP contribution >= 0.6 is 15.9 Å². The lowest BCUT2D eigenvalue weighted by Crippen LogP contribution is -2.05. The van der Waals surface area contributed by atoms with Crippen molar-refractivity contribution in [3.8, 4) is 5.75 Å². The first kappa shape index (κ1) is 12.8. The van der Waals surface area contributed by atoms with Gasteiger partial charge in [-0.2, -0.15) is 0 Å². The van der Waals surface area contributed by atoms with Crippen LogP contribution in [0, 0.1) is 0 Å². The van der Waals surface area contributed by atoms with E-state index in [0.29, 0.717) is 23.4 Å². The molecule has 0 spiro atoms. The van der Waals surface area contributed by atoms with Crippen LogP contribution < -0.4 is 4.74 Å². The highest BCUT2D eigenvalue weighted by Gasteiger charge is 2.03. The maximum atomic E-state index is 11.2. The maximum absolute atomic E-state index is 11.2. The zero-order valence-corrected chi connectivity index (χ0v) is 10.6. The summed E-state index contributed by atoms with van der Waals surface area (Å²) < 4.78 is 10.3. The van der Waals surface area contributed by atoms with Crippen LogP contribution in [-0.4, -0.2) is 17.9 Å². The molecule has 1 rings (SSSR count). The van der Waals surface area contributed by atoms with Gasteiger partial charge < -0.3 is 9.47 Å². The summed E-state index contributed by atoms with van der Waals surface area (Å²) in [6.07, 6.45) is 1.34. The van der Waals surface area contributed by atoms with Crippen LogP contribution in [0.5, 0.6) is 5.75 Å². The number of alkyl halides is 1. The van der Waals surface area contributed by atoms with Gasteiger partial charge in [0.1, 0.15) is 11.5 Å². The summed E-state index contributed by atoms with van der Waals surface area (Å²) in [7, 11) is 0. The fraction of sp³-hybridized carbons (Fsp3) is 0.250. The lowest BCUT2D eigenvalue weighted by Gasteiger charge is -2.06. The molecule has 86 valence electrons. The van der Waals surface area contributed by atoms with Gasteiger partial charge in [-0.1, -0.05) is 34.1 Å². The van der Waals surface area contributed by atoms with Gasteiger partial charge in [-0.25, -0.2) is 4.79 Å². The monoisotopic (exact) mass is 284 g/mol. The second kappa shape index (κ2) is 7.06. The van der Waals surface area contributed by atoms with Crippen molar-refractivity contribution in [3.63, 3.8) is 0 Å². The van der Waals surface area contributed by atoms with Crippen LogP contribution in [0.1, 0.15) is 6.92 Å². The van der Waals surface area contributed by atoms with Gasteiger partial charge in [0.2, 0.25) is 0 Å². The molecule has 0 saturated carbocycles. The van der Waals surface area contributed by atoms with E-state index in [0.717, 1.165) is 0 Å². The number of carbonyl (C=O) groups is 1. The highest BCUT2D eigenvalue weighted by molar-refractivity contribution is 9.09. The Hall–Kier alpha value is -1.29. The second-order valence-electron chi connectivity index (χ2n) is 2.91. The Bertz CT molecular complexity index is 360. The molecular formula is C12H13BrO3. The minimum absolute atomic E-state index is 0.357. The van der Waals surface area contributed by atoms with Crippen LogP contribution in [0.25, 0.3) is 0 Å². The minimum atomic E-state index is -0.395. The minimum Gasteiger partial charge on any atom is -0.463 e. The van der Waals surface area contributed by atoms with Crippen LogP contribution in [0.2, 0.25) is 0 Å². The van der Waals surface area contributed by atoms with Gasteiger partial charge in [0.05, 0.1) is 18.0 Å². The Kier molecular flexibility index (Phi) is 5.64. The van der Waals surface area contributed by atoms with E-state index >= 15 is 0 Å². The van der Waals surface area contributed by atoms with Crippen LogP contribution in [-0.2, 0) is 9.53 Å². The lowest BCUT2D eigenvalue weighted by atomic mass is 10.3. The van der Waals surface area contributed by atoms with Crippen molar-refractivity contribution in [2.24, 2.45) is 0 Å². The lowest BCUT2D eigenvalue weighted by molar-refractivity contribution is -0.137. The fourth-order valence-corrected chi connectivity index (χ4v) is 1.33. The van der Waals surface area contributed by atoms with Gasteiger partial charge in [-0.05, 0) is 19.1 Å². The van der Waals surface area contributed by atoms with Crippen molar-refractivity contribution < 1.29 is 14.3 Å². The van der Waals surface area contributed by atoms with E-state index in [9.17, 15) is 4.79 Å². The third kappa shape index (κ3) is 4.49. The predicted octanol–water partition coefficient (Wildman–Crippen LogP) is 2.91. The topological polar surface area (TPSA) is 35.5 Å². The Labute approximate surface area is 103 Å². The molecule has 0 N–H and O–H groups in total. The van der Waals surface area contributed by atoms with E-state index in [1.54, 1.807) is 6.92 Å².